The monoisotopic (exact) mass is 515 g/mol. The van der Waals surface area contributed by atoms with E-state index in [1.54, 1.807) is 29.2 Å². The molecule has 0 radical (unpaired) electrons. The number of carbonyl (C=O) groups is 1. The average Bonchev–Trinajstić information content (AvgIpc) is 2.77. The van der Waals surface area contributed by atoms with Crippen molar-refractivity contribution >= 4 is 58.3 Å². The molecule has 4 nitrogen and oxygen atoms in total. The van der Waals surface area contributed by atoms with E-state index in [4.69, 9.17) is 23.2 Å². The molecule has 2 heterocycles. The summed E-state index contributed by atoms with van der Waals surface area (Å²) >= 11 is 13.5. The summed E-state index contributed by atoms with van der Waals surface area (Å²) in [6.45, 7) is 3.24. The van der Waals surface area contributed by atoms with Crippen LogP contribution >= 0.6 is 35.0 Å². The van der Waals surface area contributed by atoms with E-state index < -0.39 is 11.7 Å². The smallest absolute Gasteiger partial charge is 0.368 e. The molecular weight excluding hydrogens is 494 g/mol. The third-order valence-corrected chi connectivity index (χ3v) is 7.46. The highest BCUT2D eigenvalue weighted by molar-refractivity contribution is 8.04. The number of carbonyl (C=O) groups excluding carboxylic acids is 1. The summed E-state index contributed by atoms with van der Waals surface area (Å²) in [5, 5.41) is 0.752. The fourth-order valence-electron chi connectivity index (χ4n) is 3.85. The third kappa shape index (κ3) is 5.45. The van der Waals surface area contributed by atoms with Crippen molar-refractivity contribution in [3.05, 3.63) is 62.5 Å². The zero-order valence-corrected chi connectivity index (χ0v) is 20.2. The normalized spacial score (nSPS) is 19.5. The van der Waals surface area contributed by atoms with Crippen molar-refractivity contribution in [1.82, 2.24) is 4.90 Å². The molecule has 0 unspecified atom stereocenters. The van der Waals surface area contributed by atoms with Crippen LogP contribution in [0.4, 0.5) is 24.5 Å². The molecule has 2 saturated heterocycles. The fraction of sp³-hybridized carbons (Fsp3) is 0.348. The number of rotatable bonds is 3. The van der Waals surface area contributed by atoms with Gasteiger partial charge in [-0.2, -0.15) is 13.2 Å². The Hall–Kier alpha value is -1.87. The topological polar surface area (TPSA) is 26.8 Å². The predicted molar refractivity (Wildman–Crippen MR) is 130 cm³/mol. The molecule has 2 aromatic rings. The van der Waals surface area contributed by atoms with Gasteiger partial charge in [0.1, 0.15) is 0 Å². The van der Waals surface area contributed by atoms with E-state index in [9.17, 15) is 18.0 Å². The summed E-state index contributed by atoms with van der Waals surface area (Å²) in [5.41, 5.74) is 1.02. The van der Waals surface area contributed by atoms with Gasteiger partial charge in [-0.3, -0.25) is 4.79 Å². The van der Waals surface area contributed by atoms with Crippen molar-refractivity contribution < 1.29 is 18.0 Å². The number of hydrogen-bond acceptors (Lipinski definition) is 4. The van der Waals surface area contributed by atoms with Gasteiger partial charge in [0.15, 0.2) is 0 Å². The number of thioether (sulfide) groups is 1. The number of hydrogen-bond donors (Lipinski definition) is 0. The standard InChI is InChI=1S/C23H22Cl2F3N3OS/c1-29-6-8-30(9-7-29)20-13-16(23(26,27)28)3-2-15(20)12-21-22(32)31(10-11-33-21)17-4-5-18(24)19(25)14-17/h2-5,12-14H,6-11H2,1H3. The van der Waals surface area contributed by atoms with Crippen LogP contribution in [-0.2, 0) is 11.0 Å². The average molecular weight is 516 g/mol. The zero-order valence-electron chi connectivity index (χ0n) is 17.8. The highest BCUT2D eigenvalue weighted by Gasteiger charge is 2.32. The summed E-state index contributed by atoms with van der Waals surface area (Å²) in [5.74, 6) is 0.441. The van der Waals surface area contributed by atoms with Gasteiger partial charge in [0, 0.05) is 49.9 Å². The molecule has 0 aliphatic carbocycles. The quantitative estimate of drug-likeness (QED) is 0.476. The molecule has 2 aromatic carbocycles. The van der Waals surface area contributed by atoms with Crippen LogP contribution in [0, 0.1) is 0 Å². The Balaban J connectivity index is 1.69. The molecule has 0 spiro atoms. The van der Waals surface area contributed by atoms with E-state index >= 15 is 0 Å². The van der Waals surface area contributed by atoms with Crippen LogP contribution in [0.5, 0.6) is 0 Å². The van der Waals surface area contributed by atoms with Crippen LogP contribution in [-0.4, -0.2) is 56.3 Å². The summed E-state index contributed by atoms with van der Waals surface area (Å²) in [7, 11) is 1.99. The van der Waals surface area contributed by atoms with Crippen LogP contribution in [0.25, 0.3) is 6.08 Å². The van der Waals surface area contributed by atoms with E-state index in [0.29, 0.717) is 57.3 Å². The van der Waals surface area contributed by atoms with Crippen LogP contribution < -0.4 is 9.80 Å². The molecule has 0 N–H and O–H groups in total. The highest BCUT2D eigenvalue weighted by atomic mass is 35.5. The first-order valence-electron chi connectivity index (χ1n) is 10.4. The molecular formula is C23H22Cl2F3N3OS. The largest absolute Gasteiger partial charge is 0.416 e. The van der Waals surface area contributed by atoms with E-state index in [0.717, 1.165) is 19.2 Å². The SMILES string of the molecule is CN1CCN(c2cc(C(F)(F)F)ccc2C=C2SCCN(c3ccc(Cl)c(Cl)c3)C2=O)CC1. The van der Waals surface area contributed by atoms with Crippen molar-refractivity contribution in [2.24, 2.45) is 0 Å². The summed E-state index contributed by atoms with van der Waals surface area (Å²) in [6.07, 6.45) is -2.74. The number of likely N-dealkylation sites (N-methyl/N-ethyl adjacent to an activating group) is 1. The summed E-state index contributed by atoms with van der Waals surface area (Å²) in [4.78, 5) is 19.4. The number of nitrogens with zero attached hydrogens (tertiary/aromatic N) is 3. The number of benzene rings is 2. The van der Waals surface area contributed by atoms with Gasteiger partial charge < -0.3 is 14.7 Å². The van der Waals surface area contributed by atoms with Gasteiger partial charge >= 0.3 is 6.18 Å². The van der Waals surface area contributed by atoms with Crippen molar-refractivity contribution in [1.29, 1.82) is 0 Å². The minimum atomic E-state index is -4.44. The molecule has 2 aliphatic rings. The van der Waals surface area contributed by atoms with Gasteiger partial charge in [0.05, 0.1) is 20.5 Å². The van der Waals surface area contributed by atoms with Gasteiger partial charge in [0.25, 0.3) is 5.91 Å². The molecule has 0 atom stereocenters. The lowest BCUT2D eigenvalue weighted by atomic mass is 10.1. The molecule has 0 bridgehead atoms. The lowest BCUT2D eigenvalue weighted by Gasteiger charge is -2.35. The zero-order chi connectivity index (χ0) is 23.8. The van der Waals surface area contributed by atoms with E-state index in [2.05, 4.69) is 4.90 Å². The molecule has 4 rings (SSSR count). The summed E-state index contributed by atoms with van der Waals surface area (Å²) in [6, 6.07) is 8.72. The molecule has 2 aliphatic heterocycles. The van der Waals surface area contributed by atoms with E-state index in [1.165, 1.54) is 23.9 Å². The van der Waals surface area contributed by atoms with E-state index in [1.807, 2.05) is 11.9 Å². The third-order valence-electron chi connectivity index (χ3n) is 5.73. The van der Waals surface area contributed by atoms with Gasteiger partial charge in [-0.1, -0.05) is 29.3 Å². The molecule has 33 heavy (non-hydrogen) atoms. The van der Waals surface area contributed by atoms with Crippen molar-refractivity contribution in [2.45, 2.75) is 6.18 Å². The number of anilines is 2. The second-order valence-electron chi connectivity index (χ2n) is 7.97. The van der Waals surface area contributed by atoms with Crippen LogP contribution in [0.1, 0.15) is 11.1 Å². The number of piperazine rings is 1. The van der Waals surface area contributed by atoms with Crippen molar-refractivity contribution in [2.75, 3.05) is 55.3 Å². The Kier molecular flexibility index (Phi) is 7.19. The minimum absolute atomic E-state index is 0.214. The fourth-order valence-corrected chi connectivity index (χ4v) is 5.08. The maximum Gasteiger partial charge on any atom is 0.416 e. The Morgan fingerprint density at radius 3 is 2.36 bits per heavy atom. The van der Waals surface area contributed by atoms with Crippen molar-refractivity contribution in [3.63, 3.8) is 0 Å². The Morgan fingerprint density at radius 1 is 0.970 bits per heavy atom. The Labute approximate surface area is 204 Å². The van der Waals surface area contributed by atoms with Gasteiger partial charge in [-0.15, -0.1) is 11.8 Å². The lowest BCUT2D eigenvalue weighted by molar-refractivity contribution is -0.137. The lowest BCUT2D eigenvalue weighted by Crippen LogP contribution is -2.44. The Bertz CT molecular complexity index is 1090. The molecule has 0 saturated carbocycles. The number of amides is 1. The molecule has 0 aromatic heterocycles. The first-order chi connectivity index (χ1) is 15.6. The Morgan fingerprint density at radius 2 is 1.70 bits per heavy atom. The van der Waals surface area contributed by atoms with Crippen molar-refractivity contribution in [3.8, 4) is 0 Å². The number of halogens is 5. The molecule has 176 valence electrons. The molecule has 10 heteroatoms. The predicted octanol–water partition coefficient (Wildman–Crippen LogP) is 5.88. The molecule has 2 fully saturated rings. The van der Waals surface area contributed by atoms with Crippen LogP contribution in [0.15, 0.2) is 41.3 Å². The maximum atomic E-state index is 13.4. The maximum absolute atomic E-state index is 13.4. The van der Waals surface area contributed by atoms with Crippen LogP contribution in [0.3, 0.4) is 0 Å². The first-order valence-corrected chi connectivity index (χ1v) is 12.1. The van der Waals surface area contributed by atoms with E-state index in [-0.39, 0.29) is 5.91 Å². The summed E-state index contributed by atoms with van der Waals surface area (Å²) < 4.78 is 40.3. The number of alkyl halides is 3. The van der Waals surface area contributed by atoms with Crippen LogP contribution in [0.2, 0.25) is 10.0 Å². The molecule has 1 amide bonds. The van der Waals surface area contributed by atoms with Gasteiger partial charge in [-0.05, 0) is 49.0 Å². The second-order valence-corrected chi connectivity index (χ2v) is 9.93. The van der Waals surface area contributed by atoms with Gasteiger partial charge in [-0.25, -0.2) is 0 Å². The highest BCUT2D eigenvalue weighted by Crippen LogP contribution is 2.37. The second kappa shape index (κ2) is 9.78. The van der Waals surface area contributed by atoms with Gasteiger partial charge in [0.2, 0.25) is 0 Å². The minimum Gasteiger partial charge on any atom is -0.368 e. The first kappa shape index (κ1) is 24.3.